The fourth-order valence-electron chi connectivity index (χ4n) is 2.10. The van der Waals surface area contributed by atoms with Crippen molar-refractivity contribution in [2.24, 2.45) is 11.8 Å². The fourth-order valence-corrected chi connectivity index (χ4v) is 2.10. The summed E-state index contributed by atoms with van der Waals surface area (Å²) >= 11 is 0. The first-order chi connectivity index (χ1) is 7.65. The average molecular weight is 228 g/mol. The number of rotatable bonds is 4. The van der Waals surface area contributed by atoms with E-state index < -0.39 is 5.92 Å². The quantitative estimate of drug-likeness (QED) is 0.687. The smallest absolute Gasteiger partial charge is 0.312 e. The van der Waals surface area contributed by atoms with Crippen molar-refractivity contribution in [3.05, 3.63) is 11.9 Å². The monoisotopic (exact) mass is 228 g/mol. The summed E-state index contributed by atoms with van der Waals surface area (Å²) in [6.07, 6.45) is 6.65. The fraction of sp³-hybridized carbons (Fsp3) is 0.769. The summed E-state index contributed by atoms with van der Waals surface area (Å²) in [5.74, 6) is -0.902. The van der Waals surface area contributed by atoms with E-state index in [9.17, 15) is 9.18 Å². The Morgan fingerprint density at radius 2 is 2.06 bits per heavy atom. The minimum absolute atomic E-state index is 0.0330. The summed E-state index contributed by atoms with van der Waals surface area (Å²) in [4.78, 5) is 11.3. The standard InChI is InChI=1S/C13H21FO2/c1-3-16-13(15)10(2)9-12(14)11-7-5-4-6-8-11/h9-11H,3-8H2,1-2H3/b12-9-/t10-/m0/s1. The SMILES string of the molecule is CCOC(=O)[C@@H](C)/C=C(\F)C1CCCCC1. The molecule has 92 valence electrons. The molecule has 1 atom stereocenters. The zero-order chi connectivity index (χ0) is 12.0. The molecule has 1 aliphatic rings. The molecule has 0 aromatic carbocycles. The third kappa shape index (κ3) is 3.95. The van der Waals surface area contributed by atoms with Crippen LogP contribution in [-0.2, 0) is 9.53 Å². The highest BCUT2D eigenvalue weighted by atomic mass is 19.1. The van der Waals surface area contributed by atoms with Crippen LogP contribution in [-0.4, -0.2) is 12.6 Å². The molecule has 0 aliphatic heterocycles. The van der Waals surface area contributed by atoms with Crippen molar-refractivity contribution in [1.82, 2.24) is 0 Å². The van der Waals surface area contributed by atoms with Crippen molar-refractivity contribution in [3.63, 3.8) is 0 Å². The van der Waals surface area contributed by atoms with E-state index in [4.69, 9.17) is 4.74 Å². The normalized spacial score (nSPS) is 20.6. The lowest BCUT2D eigenvalue weighted by Gasteiger charge is -2.20. The number of hydrogen-bond acceptors (Lipinski definition) is 2. The van der Waals surface area contributed by atoms with E-state index in [-0.39, 0.29) is 17.7 Å². The third-order valence-corrected chi connectivity index (χ3v) is 3.06. The van der Waals surface area contributed by atoms with Crippen LogP contribution in [0.25, 0.3) is 0 Å². The molecule has 1 fully saturated rings. The lowest BCUT2D eigenvalue weighted by molar-refractivity contribution is -0.145. The summed E-state index contributed by atoms with van der Waals surface area (Å²) in [7, 11) is 0. The van der Waals surface area contributed by atoms with Crippen molar-refractivity contribution in [2.75, 3.05) is 6.61 Å². The molecule has 0 spiro atoms. The van der Waals surface area contributed by atoms with Crippen LogP contribution >= 0.6 is 0 Å². The van der Waals surface area contributed by atoms with Crippen LogP contribution in [0.3, 0.4) is 0 Å². The number of allylic oxidation sites excluding steroid dienone is 1. The maximum atomic E-state index is 13.8. The molecule has 1 saturated carbocycles. The molecule has 0 aromatic heterocycles. The van der Waals surface area contributed by atoms with Crippen LogP contribution in [0.1, 0.15) is 46.0 Å². The highest BCUT2D eigenvalue weighted by Gasteiger charge is 2.20. The van der Waals surface area contributed by atoms with Crippen LogP contribution in [0.4, 0.5) is 4.39 Å². The summed E-state index contributed by atoms with van der Waals surface area (Å²) in [6.45, 7) is 3.79. The van der Waals surface area contributed by atoms with Gasteiger partial charge in [-0.05, 0) is 32.8 Å². The molecular formula is C13H21FO2. The van der Waals surface area contributed by atoms with Gasteiger partial charge in [-0.3, -0.25) is 4.79 Å². The molecule has 0 aromatic rings. The van der Waals surface area contributed by atoms with Crippen LogP contribution < -0.4 is 0 Å². The number of carbonyl (C=O) groups is 1. The molecule has 0 heterocycles. The lowest BCUT2D eigenvalue weighted by Crippen LogP contribution is -2.14. The Morgan fingerprint density at radius 3 is 2.62 bits per heavy atom. The highest BCUT2D eigenvalue weighted by Crippen LogP contribution is 2.31. The minimum atomic E-state index is -0.470. The van der Waals surface area contributed by atoms with Crippen molar-refractivity contribution < 1.29 is 13.9 Å². The molecule has 0 saturated heterocycles. The van der Waals surface area contributed by atoms with Crippen molar-refractivity contribution >= 4 is 5.97 Å². The van der Waals surface area contributed by atoms with Crippen molar-refractivity contribution in [1.29, 1.82) is 0 Å². The highest BCUT2D eigenvalue weighted by molar-refractivity contribution is 5.74. The third-order valence-electron chi connectivity index (χ3n) is 3.06. The van der Waals surface area contributed by atoms with Gasteiger partial charge < -0.3 is 4.74 Å². The molecule has 16 heavy (non-hydrogen) atoms. The second-order valence-electron chi connectivity index (χ2n) is 4.43. The molecule has 0 N–H and O–H groups in total. The summed E-state index contributed by atoms with van der Waals surface area (Å²) < 4.78 is 18.6. The van der Waals surface area contributed by atoms with Crippen LogP contribution in [0.5, 0.6) is 0 Å². The van der Waals surface area contributed by atoms with Crippen molar-refractivity contribution in [2.45, 2.75) is 46.0 Å². The average Bonchev–Trinajstić information content (AvgIpc) is 2.30. The van der Waals surface area contributed by atoms with Gasteiger partial charge in [0.05, 0.1) is 18.4 Å². The van der Waals surface area contributed by atoms with Gasteiger partial charge in [-0.1, -0.05) is 19.3 Å². The Kier molecular flexibility index (Phi) is 5.50. The second kappa shape index (κ2) is 6.66. The Balaban J connectivity index is 2.50. The zero-order valence-corrected chi connectivity index (χ0v) is 10.2. The summed E-state index contributed by atoms with van der Waals surface area (Å²) in [6, 6.07) is 0. The van der Waals surface area contributed by atoms with E-state index in [1.165, 1.54) is 12.5 Å². The van der Waals surface area contributed by atoms with Gasteiger partial charge in [0.15, 0.2) is 0 Å². The van der Waals surface area contributed by atoms with Gasteiger partial charge in [0.25, 0.3) is 0 Å². The maximum absolute atomic E-state index is 13.8. The molecule has 0 amide bonds. The van der Waals surface area contributed by atoms with E-state index in [1.54, 1.807) is 13.8 Å². The second-order valence-corrected chi connectivity index (χ2v) is 4.43. The number of halogens is 1. The van der Waals surface area contributed by atoms with Crippen LogP contribution in [0.2, 0.25) is 0 Å². The molecule has 2 nitrogen and oxygen atoms in total. The van der Waals surface area contributed by atoms with Crippen LogP contribution in [0.15, 0.2) is 11.9 Å². The van der Waals surface area contributed by atoms with E-state index >= 15 is 0 Å². The Labute approximate surface area is 96.9 Å². The molecule has 0 radical (unpaired) electrons. The van der Waals surface area contributed by atoms with Gasteiger partial charge >= 0.3 is 5.97 Å². The Hall–Kier alpha value is -0.860. The molecule has 3 heteroatoms. The van der Waals surface area contributed by atoms with Gasteiger partial charge in [0.2, 0.25) is 0 Å². The first kappa shape index (κ1) is 13.2. The van der Waals surface area contributed by atoms with Gasteiger partial charge in [-0.2, -0.15) is 0 Å². The maximum Gasteiger partial charge on any atom is 0.312 e. The van der Waals surface area contributed by atoms with Gasteiger partial charge in [0, 0.05) is 5.92 Å². The largest absolute Gasteiger partial charge is 0.466 e. The lowest BCUT2D eigenvalue weighted by atomic mass is 9.87. The van der Waals surface area contributed by atoms with Gasteiger partial charge in [-0.25, -0.2) is 4.39 Å². The molecule has 0 unspecified atom stereocenters. The van der Waals surface area contributed by atoms with Gasteiger partial charge in [-0.15, -0.1) is 0 Å². The van der Waals surface area contributed by atoms with Gasteiger partial charge in [0.1, 0.15) is 0 Å². The summed E-state index contributed by atoms with van der Waals surface area (Å²) in [5.41, 5.74) is 0. The van der Waals surface area contributed by atoms with E-state index in [1.807, 2.05) is 0 Å². The predicted molar refractivity (Wildman–Crippen MR) is 61.6 cm³/mol. The van der Waals surface area contributed by atoms with E-state index in [0.717, 1.165) is 25.7 Å². The number of hydrogen-bond donors (Lipinski definition) is 0. The number of esters is 1. The van der Waals surface area contributed by atoms with Crippen molar-refractivity contribution in [3.8, 4) is 0 Å². The molecule has 0 bridgehead atoms. The Morgan fingerprint density at radius 1 is 1.44 bits per heavy atom. The zero-order valence-electron chi connectivity index (χ0n) is 10.2. The van der Waals surface area contributed by atoms with E-state index in [2.05, 4.69) is 0 Å². The number of ether oxygens (including phenoxy) is 1. The topological polar surface area (TPSA) is 26.3 Å². The summed E-state index contributed by atoms with van der Waals surface area (Å²) in [5, 5.41) is 0. The first-order valence-corrected chi connectivity index (χ1v) is 6.19. The van der Waals surface area contributed by atoms with E-state index in [0.29, 0.717) is 6.61 Å². The molecular weight excluding hydrogens is 207 g/mol. The predicted octanol–water partition coefficient (Wildman–Crippen LogP) is 3.62. The van der Waals surface area contributed by atoms with Crippen LogP contribution in [0, 0.1) is 11.8 Å². The molecule has 1 rings (SSSR count). The molecule has 1 aliphatic carbocycles. The Bertz CT molecular complexity index is 255. The number of carbonyl (C=O) groups excluding carboxylic acids is 1. The first-order valence-electron chi connectivity index (χ1n) is 6.19. The minimum Gasteiger partial charge on any atom is -0.466 e.